The van der Waals surface area contributed by atoms with Gasteiger partial charge in [0.1, 0.15) is 5.75 Å². The molecule has 0 fully saturated rings. The van der Waals surface area contributed by atoms with Crippen LogP contribution < -0.4 is 4.74 Å². The Labute approximate surface area is 151 Å². The Morgan fingerprint density at radius 1 is 0.960 bits per heavy atom. The summed E-state index contributed by atoms with van der Waals surface area (Å²) in [5, 5.41) is 10.3. The average molecular weight is 343 g/mol. The summed E-state index contributed by atoms with van der Waals surface area (Å²) in [4.78, 5) is 2.23. The largest absolute Gasteiger partial charge is 0.497 e. The summed E-state index contributed by atoms with van der Waals surface area (Å²) in [5.74, 6) is 0.848. The fourth-order valence-corrected chi connectivity index (χ4v) is 2.71. The number of methoxy groups -OCH3 is 1. The van der Waals surface area contributed by atoms with Crippen molar-refractivity contribution in [2.45, 2.75) is 39.1 Å². The topological polar surface area (TPSA) is 41.9 Å². The van der Waals surface area contributed by atoms with E-state index in [1.807, 2.05) is 50.2 Å². The number of aliphatic hydroxyl groups excluding tert-OH is 1. The second-order valence-electron chi connectivity index (χ2n) is 6.54. The molecule has 0 amide bonds. The number of nitrogens with zero attached hydrogens (tertiary/aromatic N) is 1. The fourth-order valence-electron chi connectivity index (χ4n) is 2.71. The summed E-state index contributed by atoms with van der Waals surface area (Å²) in [6, 6.07) is 18.4. The second-order valence-corrected chi connectivity index (χ2v) is 6.54. The Bertz CT molecular complexity index is 616. The first-order valence-electron chi connectivity index (χ1n) is 8.75. The van der Waals surface area contributed by atoms with Crippen LogP contribution in [0.3, 0.4) is 0 Å². The Morgan fingerprint density at radius 3 is 2.32 bits per heavy atom. The smallest absolute Gasteiger partial charge is 0.119 e. The van der Waals surface area contributed by atoms with Crippen molar-refractivity contribution in [1.29, 1.82) is 0 Å². The Kier molecular flexibility index (Phi) is 7.92. The summed E-state index contributed by atoms with van der Waals surface area (Å²) in [6.07, 6.45) is -0.396. The normalized spacial score (nSPS) is 12.6. The van der Waals surface area contributed by atoms with Gasteiger partial charge in [-0.25, -0.2) is 0 Å². The minimum Gasteiger partial charge on any atom is -0.497 e. The lowest BCUT2D eigenvalue weighted by Crippen LogP contribution is -2.34. The van der Waals surface area contributed by atoms with E-state index in [4.69, 9.17) is 9.47 Å². The predicted octanol–water partition coefficient (Wildman–Crippen LogP) is 3.48. The minimum atomic E-state index is -0.517. The molecule has 0 aromatic heterocycles. The third kappa shape index (κ3) is 7.26. The molecule has 0 saturated carbocycles. The van der Waals surface area contributed by atoms with Crippen molar-refractivity contribution in [3.63, 3.8) is 0 Å². The van der Waals surface area contributed by atoms with Crippen molar-refractivity contribution >= 4 is 0 Å². The predicted molar refractivity (Wildman–Crippen MR) is 101 cm³/mol. The number of aliphatic hydroxyl groups is 1. The molecule has 0 aliphatic carbocycles. The van der Waals surface area contributed by atoms with Gasteiger partial charge < -0.3 is 14.6 Å². The average Bonchev–Trinajstić information content (AvgIpc) is 2.61. The lowest BCUT2D eigenvalue weighted by Gasteiger charge is -2.26. The Hall–Kier alpha value is -1.88. The monoisotopic (exact) mass is 343 g/mol. The first-order valence-corrected chi connectivity index (χ1v) is 8.75. The quantitative estimate of drug-likeness (QED) is 0.717. The van der Waals surface area contributed by atoms with Crippen LogP contribution in [0, 0.1) is 0 Å². The van der Waals surface area contributed by atoms with E-state index >= 15 is 0 Å². The molecular formula is C21H29NO3. The van der Waals surface area contributed by atoms with Gasteiger partial charge in [-0.15, -0.1) is 0 Å². The van der Waals surface area contributed by atoms with Crippen LogP contribution in [0.25, 0.3) is 0 Å². The zero-order chi connectivity index (χ0) is 18.1. The van der Waals surface area contributed by atoms with Crippen molar-refractivity contribution < 1.29 is 14.6 Å². The molecule has 0 radical (unpaired) electrons. The highest BCUT2D eigenvalue weighted by molar-refractivity contribution is 5.28. The fraction of sp³-hybridized carbons (Fsp3) is 0.429. The van der Waals surface area contributed by atoms with Crippen molar-refractivity contribution in [3.05, 3.63) is 65.7 Å². The molecule has 0 spiro atoms. The van der Waals surface area contributed by atoms with Crippen LogP contribution >= 0.6 is 0 Å². The second kappa shape index (κ2) is 10.2. The number of rotatable bonds is 10. The van der Waals surface area contributed by atoms with Crippen LogP contribution in [0.4, 0.5) is 0 Å². The van der Waals surface area contributed by atoms with E-state index < -0.39 is 6.10 Å². The van der Waals surface area contributed by atoms with Crippen molar-refractivity contribution in [1.82, 2.24) is 4.90 Å². The summed E-state index contributed by atoms with van der Waals surface area (Å²) in [6.45, 7) is 6.37. The van der Waals surface area contributed by atoms with Crippen LogP contribution in [0.1, 0.15) is 25.0 Å². The van der Waals surface area contributed by atoms with Gasteiger partial charge in [0.05, 0.1) is 25.9 Å². The van der Waals surface area contributed by atoms with Gasteiger partial charge in [-0.2, -0.15) is 0 Å². The third-order valence-corrected chi connectivity index (χ3v) is 3.88. The lowest BCUT2D eigenvalue weighted by atomic mass is 10.1. The highest BCUT2D eigenvalue weighted by Gasteiger charge is 2.14. The number of benzene rings is 2. The standard InChI is InChI=1S/C21H29NO3/c1-17(2)25-16-20(23)15-22(13-18-8-5-4-6-9-18)14-19-10-7-11-21(12-19)24-3/h4-12,17,20,23H,13-16H2,1-3H3/t20-/m1/s1. The molecule has 0 aliphatic rings. The molecule has 0 bridgehead atoms. The van der Waals surface area contributed by atoms with E-state index in [0.29, 0.717) is 13.2 Å². The minimum absolute atomic E-state index is 0.121. The zero-order valence-corrected chi connectivity index (χ0v) is 15.4. The molecular weight excluding hydrogens is 314 g/mol. The van der Waals surface area contributed by atoms with E-state index in [2.05, 4.69) is 23.1 Å². The molecule has 0 aliphatic heterocycles. The van der Waals surface area contributed by atoms with Crippen molar-refractivity contribution in [2.75, 3.05) is 20.3 Å². The molecule has 136 valence electrons. The van der Waals surface area contributed by atoms with Crippen molar-refractivity contribution in [3.8, 4) is 5.75 Å². The molecule has 0 heterocycles. The number of hydrogen-bond acceptors (Lipinski definition) is 4. The van der Waals surface area contributed by atoms with Crippen LogP contribution in [-0.2, 0) is 17.8 Å². The maximum absolute atomic E-state index is 10.3. The Balaban J connectivity index is 2.05. The first-order chi connectivity index (χ1) is 12.1. The van der Waals surface area contributed by atoms with E-state index in [1.165, 1.54) is 5.56 Å². The van der Waals surface area contributed by atoms with E-state index in [0.717, 1.165) is 24.4 Å². The highest BCUT2D eigenvalue weighted by atomic mass is 16.5. The zero-order valence-electron chi connectivity index (χ0n) is 15.4. The van der Waals surface area contributed by atoms with Gasteiger partial charge in [0.2, 0.25) is 0 Å². The van der Waals surface area contributed by atoms with Gasteiger partial charge in [0.15, 0.2) is 0 Å². The maximum atomic E-state index is 10.3. The maximum Gasteiger partial charge on any atom is 0.119 e. The third-order valence-electron chi connectivity index (χ3n) is 3.88. The van der Waals surface area contributed by atoms with Crippen molar-refractivity contribution in [2.24, 2.45) is 0 Å². The molecule has 4 heteroatoms. The van der Waals surface area contributed by atoms with E-state index in [1.54, 1.807) is 7.11 Å². The summed E-state index contributed by atoms with van der Waals surface area (Å²) in [5.41, 5.74) is 2.38. The van der Waals surface area contributed by atoms with E-state index in [-0.39, 0.29) is 6.10 Å². The van der Waals surface area contributed by atoms with Gasteiger partial charge in [-0.3, -0.25) is 4.90 Å². The highest BCUT2D eigenvalue weighted by Crippen LogP contribution is 2.16. The lowest BCUT2D eigenvalue weighted by molar-refractivity contribution is -0.0106. The number of hydrogen-bond donors (Lipinski definition) is 1. The molecule has 1 atom stereocenters. The molecule has 25 heavy (non-hydrogen) atoms. The SMILES string of the molecule is COc1cccc(CN(Cc2ccccc2)C[C@@H](O)COC(C)C)c1. The molecule has 2 rings (SSSR count). The van der Waals surface area contributed by atoms with Crippen LogP contribution in [0.5, 0.6) is 5.75 Å². The van der Waals surface area contributed by atoms with Gasteiger partial charge in [-0.05, 0) is 37.1 Å². The molecule has 2 aromatic rings. The molecule has 1 N–H and O–H groups in total. The first kappa shape index (κ1) is 19.4. The van der Waals surface area contributed by atoms with E-state index in [9.17, 15) is 5.11 Å². The van der Waals surface area contributed by atoms with Crippen LogP contribution in [-0.4, -0.2) is 42.5 Å². The summed E-state index contributed by atoms with van der Waals surface area (Å²) in [7, 11) is 1.67. The molecule has 2 aromatic carbocycles. The van der Waals surface area contributed by atoms with Crippen LogP contribution in [0.15, 0.2) is 54.6 Å². The molecule has 0 saturated heterocycles. The van der Waals surface area contributed by atoms with Gasteiger partial charge in [0.25, 0.3) is 0 Å². The Morgan fingerprint density at radius 2 is 1.64 bits per heavy atom. The summed E-state index contributed by atoms with van der Waals surface area (Å²) >= 11 is 0. The molecule has 4 nitrogen and oxygen atoms in total. The van der Waals surface area contributed by atoms with Gasteiger partial charge in [0, 0.05) is 19.6 Å². The summed E-state index contributed by atoms with van der Waals surface area (Å²) < 4.78 is 10.9. The van der Waals surface area contributed by atoms with Gasteiger partial charge >= 0.3 is 0 Å². The number of ether oxygens (including phenoxy) is 2. The van der Waals surface area contributed by atoms with Gasteiger partial charge in [-0.1, -0.05) is 42.5 Å². The molecule has 0 unspecified atom stereocenters. The van der Waals surface area contributed by atoms with Crippen LogP contribution in [0.2, 0.25) is 0 Å².